The summed E-state index contributed by atoms with van der Waals surface area (Å²) < 4.78 is 0.901. The van der Waals surface area contributed by atoms with Gasteiger partial charge in [0, 0.05) is 17.0 Å². The van der Waals surface area contributed by atoms with Crippen molar-refractivity contribution < 1.29 is 0 Å². The molecule has 70 valence electrons. The summed E-state index contributed by atoms with van der Waals surface area (Å²) in [4.78, 5) is 6.54. The van der Waals surface area contributed by atoms with E-state index < -0.39 is 0 Å². The Bertz CT molecular complexity index is 337. The van der Waals surface area contributed by atoms with E-state index in [9.17, 15) is 0 Å². The highest BCUT2D eigenvalue weighted by Crippen LogP contribution is 2.26. The fourth-order valence-corrected chi connectivity index (χ4v) is 2.79. The largest absolute Gasteiger partial charge is 0.343 e. The maximum Gasteiger partial charge on any atom is 0.186 e. The molecule has 0 spiro atoms. The lowest BCUT2D eigenvalue weighted by molar-refractivity contribution is 0.807. The van der Waals surface area contributed by atoms with Crippen molar-refractivity contribution >= 4 is 44.0 Å². The number of aromatic nitrogens is 1. The van der Waals surface area contributed by atoms with Crippen LogP contribution in [0.25, 0.3) is 0 Å². The summed E-state index contributed by atoms with van der Waals surface area (Å²) in [5, 5.41) is 3.94. The average Bonchev–Trinajstić information content (AvgIpc) is 2.52. The van der Waals surface area contributed by atoms with Crippen LogP contribution in [0.3, 0.4) is 0 Å². The van der Waals surface area contributed by atoms with E-state index in [0.29, 0.717) is 0 Å². The van der Waals surface area contributed by atoms with Crippen LogP contribution in [0.15, 0.2) is 21.1 Å². The molecule has 2 rings (SSSR count). The second-order valence-electron chi connectivity index (χ2n) is 2.81. The Hall–Kier alpha value is -0.0600. The first-order chi connectivity index (χ1) is 6.25. The van der Waals surface area contributed by atoms with E-state index >= 15 is 0 Å². The van der Waals surface area contributed by atoms with E-state index in [4.69, 9.17) is 11.6 Å². The number of thiazole rings is 1. The van der Waals surface area contributed by atoms with Gasteiger partial charge in [0.1, 0.15) is 4.60 Å². The molecule has 0 amide bonds. The van der Waals surface area contributed by atoms with Gasteiger partial charge in [0.2, 0.25) is 0 Å². The molecule has 0 fully saturated rings. The molecular weight excluding hydrogens is 272 g/mol. The van der Waals surface area contributed by atoms with Crippen LogP contribution in [-0.2, 0) is 0 Å². The Morgan fingerprint density at radius 2 is 2.46 bits per heavy atom. The number of anilines is 1. The van der Waals surface area contributed by atoms with E-state index in [1.165, 1.54) is 0 Å². The lowest BCUT2D eigenvalue weighted by Gasteiger charge is -2.24. The van der Waals surface area contributed by atoms with Crippen LogP contribution in [0.2, 0.25) is 0 Å². The molecule has 2 heterocycles. The third kappa shape index (κ3) is 2.24. The average molecular weight is 280 g/mol. The molecule has 1 aliphatic rings. The van der Waals surface area contributed by atoms with Gasteiger partial charge in [0.15, 0.2) is 5.13 Å². The first kappa shape index (κ1) is 9.49. The topological polar surface area (TPSA) is 16.1 Å². The molecule has 0 aromatic carbocycles. The molecule has 1 aromatic rings. The Morgan fingerprint density at radius 3 is 3.08 bits per heavy atom. The van der Waals surface area contributed by atoms with Gasteiger partial charge in [-0.3, -0.25) is 0 Å². The van der Waals surface area contributed by atoms with Crippen LogP contribution in [0.5, 0.6) is 0 Å². The molecule has 0 saturated carbocycles. The van der Waals surface area contributed by atoms with Crippen LogP contribution >= 0.6 is 38.9 Å². The van der Waals surface area contributed by atoms with Crippen molar-refractivity contribution in [2.75, 3.05) is 18.0 Å². The number of hydrogen-bond acceptors (Lipinski definition) is 3. The van der Waals surface area contributed by atoms with Gasteiger partial charge in [-0.1, -0.05) is 17.7 Å². The first-order valence-corrected chi connectivity index (χ1v) is 6.01. The standard InChI is InChI=1S/C8H8BrClN2S/c9-7-5-13-8(11-7)12-3-1-2-6(10)4-12/h2,5H,1,3-4H2. The highest BCUT2D eigenvalue weighted by molar-refractivity contribution is 9.10. The van der Waals surface area contributed by atoms with Crippen molar-refractivity contribution in [3.63, 3.8) is 0 Å². The summed E-state index contributed by atoms with van der Waals surface area (Å²) in [6, 6.07) is 0. The Morgan fingerprint density at radius 1 is 1.62 bits per heavy atom. The molecule has 0 radical (unpaired) electrons. The Kier molecular flexibility index (Phi) is 2.91. The molecule has 5 heteroatoms. The summed E-state index contributed by atoms with van der Waals surface area (Å²) in [7, 11) is 0. The molecule has 2 nitrogen and oxygen atoms in total. The van der Waals surface area contributed by atoms with Gasteiger partial charge < -0.3 is 4.90 Å². The smallest absolute Gasteiger partial charge is 0.186 e. The minimum atomic E-state index is 0.793. The molecule has 1 aliphatic heterocycles. The quantitative estimate of drug-likeness (QED) is 0.784. The fraction of sp³-hybridized carbons (Fsp3) is 0.375. The summed E-state index contributed by atoms with van der Waals surface area (Å²) >= 11 is 10.9. The molecule has 1 aromatic heterocycles. The maximum atomic E-state index is 5.95. The second-order valence-corrected chi connectivity index (χ2v) is 4.95. The summed E-state index contributed by atoms with van der Waals surface area (Å²) in [6.45, 7) is 1.80. The molecule has 0 bridgehead atoms. The van der Waals surface area contributed by atoms with Crippen LogP contribution in [0, 0.1) is 0 Å². The van der Waals surface area contributed by atoms with Crippen molar-refractivity contribution in [1.29, 1.82) is 0 Å². The van der Waals surface area contributed by atoms with Gasteiger partial charge in [-0.25, -0.2) is 4.98 Å². The minimum Gasteiger partial charge on any atom is -0.343 e. The van der Waals surface area contributed by atoms with E-state index in [1.807, 2.05) is 5.38 Å². The first-order valence-electron chi connectivity index (χ1n) is 3.96. The molecule has 0 atom stereocenters. The zero-order valence-corrected chi connectivity index (χ0v) is 9.99. The number of rotatable bonds is 1. The molecule has 0 saturated heterocycles. The zero-order chi connectivity index (χ0) is 9.26. The number of nitrogens with zero attached hydrogens (tertiary/aromatic N) is 2. The molecular formula is C8H8BrClN2S. The van der Waals surface area contributed by atoms with Crippen molar-refractivity contribution in [2.24, 2.45) is 0 Å². The fourth-order valence-electron chi connectivity index (χ4n) is 1.26. The van der Waals surface area contributed by atoms with E-state index in [2.05, 4.69) is 31.9 Å². The third-order valence-corrected chi connectivity index (χ3v) is 3.73. The number of halogens is 2. The van der Waals surface area contributed by atoms with Gasteiger partial charge >= 0.3 is 0 Å². The van der Waals surface area contributed by atoms with Crippen LogP contribution in [0.4, 0.5) is 5.13 Å². The third-order valence-electron chi connectivity index (χ3n) is 1.84. The second kappa shape index (κ2) is 3.98. The maximum absolute atomic E-state index is 5.95. The zero-order valence-electron chi connectivity index (χ0n) is 6.83. The van der Waals surface area contributed by atoms with E-state index in [-0.39, 0.29) is 0 Å². The highest BCUT2D eigenvalue weighted by Gasteiger charge is 2.14. The summed E-state index contributed by atoms with van der Waals surface area (Å²) in [6.07, 6.45) is 3.08. The minimum absolute atomic E-state index is 0.793. The summed E-state index contributed by atoms with van der Waals surface area (Å²) in [5.41, 5.74) is 0. The Labute approximate surface area is 94.4 Å². The lowest BCUT2D eigenvalue weighted by Crippen LogP contribution is -2.28. The van der Waals surface area contributed by atoms with Crippen molar-refractivity contribution in [3.05, 3.63) is 21.1 Å². The predicted octanol–water partition coefficient (Wildman–Crippen LogP) is 3.24. The SMILES string of the molecule is ClC1=CCCN(c2nc(Br)cs2)C1. The summed E-state index contributed by atoms with van der Waals surface area (Å²) in [5.74, 6) is 0. The van der Waals surface area contributed by atoms with Crippen LogP contribution < -0.4 is 4.90 Å². The van der Waals surface area contributed by atoms with Crippen molar-refractivity contribution in [3.8, 4) is 0 Å². The highest BCUT2D eigenvalue weighted by atomic mass is 79.9. The lowest BCUT2D eigenvalue weighted by atomic mass is 10.3. The van der Waals surface area contributed by atoms with Crippen LogP contribution in [0.1, 0.15) is 6.42 Å². The Balaban J connectivity index is 2.14. The van der Waals surface area contributed by atoms with Crippen molar-refractivity contribution in [2.45, 2.75) is 6.42 Å². The van der Waals surface area contributed by atoms with Crippen LogP contribution in [-0.4, -0.2) is 18.1 Å². The van der Waals surface area contributed by atoms with E-state index in [0.717, 1.165) is 34.3 Å². The van der Waals surface area contributed by atoms with Gasteiger partial charge in [-0.15, -0.1) is 11.3 Å². The normalized spacial score (nSPS) is 17.4. The predicted molar refractivity (Wildman–Crippen MR) is 60.6 cm³/mol. The van der Waals surface area contributed by atoms with E-state index in [1.54, 1.807) is 11.3 Å². The monoisotopic (exact) mass is 278 g/mol. The molecule has 13 heavy (non-hydrogen) atoms. The molecule has 0 unspecified atom stereocenters. The van der Waals surface area contributed by atoms with Crippen molar-refractivity contribution in [1.82, 2.24) is 4.98 Å². The molecule has 0 aliphatic carbocycles. The van der Waals surface area contributed by atoms with Gasteiger partial charge in [0.25, 0.3) is 0 Å². The van der Waals surface area contributed by atoms with Gasteiger partial charge in [0.05, 0.1) is 6.54 Å². The van der Waals surface area contributed by atoms with Gasteiger partial charge in [-0.05, 0) is 22.4 Å². The number of hydrogen-bond donors (Lipinski definition) is 0. The van der Waals surface area contributed by atoms with Gasteiger partial charge in [-0.2, -0.15) is 0 Å². The molecule has 0 N–H and O–H groups in total.